The van der Waals surface area contributed by atoms with Crippen molar-refractivity contribution in [2.75, 3.05) is 26.2 Å². The summed E-state index contributed by atoms with van der Waals surface area (Å²) in [6, 6.07) is 8.88. The maximum atomic E-state index is 6.22. The molecule has 0 spiro atoms. The van der Waals surface area contributed by atoms with Crippen molar-refractivity contribution in [1.29, 1.82) is 0 Å². The molecule has 0 unspecified atom stereocenters. The van der Waals surface area contributed by atoms with Crippen molar-refractivity contribution >= 4 is 5.84 Å². The van der Waals surface area contributed by atoms with Gasteiger partial charge in [-0.05, 0) is 62.4 Å². The molecule has 3 heteroatoms. The Morgan fingerprint density at radius 1 is 1.08 bits per heavy atom. The Morgan fingerprint density at radius 3 is 2.38 bits per heavy atom. The van der Waals surface area contributed by atoms with Gasteiger partial charge in [0, 0.05) is 12.5 Å². The zero-order valence-corrected chi connectivity index (χ0v) is 15.8. The van der Waals surface area contributed by atoms with E-state index in [1.165, 1.54) is 43.5 Å². The van der Waals surface area contributed by atoms with E-state index in [0.29, 0.717) is 5.92 Å². The van der Waals surface area contributed by atoms with Gasteiger partial charge in [0.1, 0.15) is 5.84 Å². The molecule has 0 aliphatic carbocycles. The molecule has 1 saturated heterocycles. The van der Waals surface area contributed by atoms with Gasteiger partial charge in [0.15, 0.2) is 0 Å². The molecular formula is C21H35N3. The van der Waals surface area contributed by atoms with Crippen LogP contribution in [-0.2, 0) is 6.42 Å². The summed E-state index contributed by atoms with van der Waals surface area (Å²) in [5.74, 6) is 1.66. The van der Waals surface area contributed by atoms with Gasteiger partial charge in [0.05, 0.1) is 0 Å². The SMILES string of the molecule is CC(C)Cc1ccc([C@H](C)C(N)=NCCCN2CCCCC2)cc1. The Hall–Kier alpha value is -1.35. The normalized spacial score (nSPS) is 18.1. The molecule has 1 aliphatic heterocycles. The molecule has 1 heterocycles. The van der Waals surface area contributed by atoms with Crippen molar-refractivity contribution in [2.45, 2.75) is 58.8 Å². The number of hydrogen-bond donors (Lipinski definition) is 1. The third-order valence-electron chi connectivity index (χ3n) is 4.94. The van der Waals surface area contributed by atoms with E-state index in [1.54, 1.807) is 0 Å². The molecule has 1 aliphatic rings. The Labute approximate surface area is 148 Å². The van der Waals surface area contributed by atoms with Crippen molar-refractivity contribution in [3.05, 3.63) is 35.4 Å². The van der Waals surface area contributed by atoms with E-state index in [1.807, 2.05) is 0 Å². The van der Waals surface area contributed by atoms with Crippen LogP contribution in [-0.4, -0.2) is 36.9 Å². The number of aliphatic imine (C=N–C) groups is 1. The summed E-state index contributed by atoms with van der Waals surface area (Å²) < 4.78 is 0. The number of amidine groups is 1. The zero-order valence-electron chi connectivity index (χ0n) is 15.8. The first kappa shape index (κ1) is 19.0. The van der Waals surface area contributed by atoms with Crippen LogP contribution in [0, 0.1) is 5.92 Å². The average Bonchev–Trinajstić information content (AvgIpc) is 2.59. The molecule has 0 saturated carbocycles. The fraction of sp³-hybridized carbons (Fsp3) is 0.667. The van der Waals surface area contributed by atoms with Gasteiger partial charge in [-0.2, -0.15) is 0 Å². The van der Waals surface area contributed by atoms with Crippen LogP contribution in [0.15, 0.2) is 29.3 Å². The molecule has 134 valence electrons. The fourth-order valence-corrected chi connectivity index (χ4v) is 3.41. The molecule has 2 N–H and O–H groups in total. The lowest BCUT2D eigenvalue weighted by Crippen LogP contribution is -2.31. The molecule has 0 aromatic heterocycles. The molecule has 2 rings (SSSR count). The summed E-state index contributed by atoms with van der Waals surface area (Å²) in [6.07, 6.45) is 6.36. The van der Waals surface area contributed by atoms with Crippen LogP contribution in [0.2, 0.25) is 0 Å². The zero-order chi connectivity index (χ0) is 17.4. The van der Waals surface area contributed by atoms with E-state index in [-0.39, 0.29) is 5.92 Å². The van der Waals surface area contributed by atoms with Gasteiger partial charge in [-0.3, -0.25) is 4.99 Å². The van der Waals surface area contributed by atoms with Gasteiger partial charge in [-0.25, -0.2) is 0 Å². The molecule has 1 fully saturated rings. The number of likely N-dealkylation sites (tertiary alicyclic amines) is 1. The van der Waals surface area contributed by atoms with Crippen LogP contribution in [0.1, 0.15) is 63.5 Å². The molecule has 0 radical (unpaired) electrons. The number of hydrogen-bond acceptors (Lipinski definition) is 2. The maximum Gasteiger partial charge on any atom is 0.101 e. The van der Waals surface area contributed by atoms with Gasteiger partial charge < -0.3 is 10.6 Å². The lowest BCUT2D eigenvalue weighted by atomic mass is 9.96. The number of nitrogens with two attached hydrogens (primary N) is 1. The van der Waals surface area contributed by atoms with Crippen molar-refractivity contribution < 1.29 is 0 Å². The summed E-state index contributed by atoms with van der Waals surface area (Å²) in [5.41, 5.74) is 8.89. The van der Waals surface area contributed by atoms with E-state index in [2.05, 4.69) is 54.9 Å². The minimum atomic E-state index is 0.202. The van der Waals surface area contributed by atoms with Crippen LogP contribution in [0.4, 0.5) is 0 Å². The molecule has 1 aromatic rings. The minimum absolute atomic E-state index is 0.202. The quantitative estimate of drug-likeness (QED) is 0.441. The smallest absolute Gasteiger partial charge is 0.101 e. The number of nitrogens with zero attached hydrogens (tertiary/aromatic N) is 2. The van der Waals surface area contributed by atoms with Crippen LogP contribution in [0.3, 0.4) is 0 Å². The van der Waals surface area contributed by atoms with Gasteiger partial charge in [-0.1, -0.05) is 51.5 Å². The molecule has 0 amide bonds. The Bertz CT molecular complexity index is 498. The van der Waals surface area contributed by atoms with E-state index >= 15 is 0 Å². The van der Waals surface area contributed by atoms with Gasteiger partial charge >= 0.3 is 0 Å². The second-order valence-electron chi connectivity index (χ2n) is 7.62. The van der Waals surface area contributed by atoms with Crippen molar-refractivity contribution in [1.82, 2.24) is 4.90 Å². The number of piperidine rings is 1. The molecule has 0 bridgehead atoms. The number of rotatable bonds is 8. The highest BCUT2D eigenvalue weighted by Gasteiger charge is 2.11. The van der Waals surface area contributed by atoms with E-state index in [0.717, 1.165) is 31.8 Å². The highest BCUT2D eigenvalue weighted by Crippen LogP contribution is 2.18. The van der Waals surface area contributed by atoms with E-state index in [4.69, 9.17) is 5.73 Å². The molecule has 1 atom stereocenters. The van der Waals surface area contributed by atoms with Crippen molar-refractivity contribution in [3.8, 4) is 0 Å². The molecular weight excluding hydrogens is 294 g/mol. The Kier molecular flexibility index (Phi) is 7.77. The van der Waals surface area contributed by atoms with Gasteiger partial charge in [0.25, 0.3) is 0 Å². The van der Waals surface area contributed by atoms with Gasteiger partial charge in [0.2, 0.25) is 0 Å². The first-order chi connectivity index (χ1) is 11.6. The first-order valence-corrected chi connectivity index (χ1v) is 9.67. The highest BCUT2D eigenvalue weighted by molar-refractivity contribution is 5.87. The maximum absolute atomic E-state index is 6.22. The minimum Gasteiger partial charge on any atom is -0.387 e. The standard InChI is InChI=1S/C21H35N3/c1-17(2)16-19-8-10-20(11-9-19)18(3)21(22)23-12-7-15-24-13-5-4-6-14-24/h8-11,17-18H,4-7,12-16H2,1-3H3,(H2,22,23)/t18-/m0/s1. The van der Waals surface area contributed by atoms with Crippen LogP contribution in [0.5, 0.6) is 0 Å². The molecule has 3 nitrogen and oxygen atoms in total. The summed E-state index contributed by atoms with van der Waals surface area (Å²) >= 11 is 0. The molecule has 1 aromatic carbocycles. The fourth-order valence-electron chi connectivity index (χ4n) is 3.41. The van der Waals surface area contributed by atoms with Gasteiger partial charge in [-0.15, -0.1) is 0 Å². The lowest BCUT2D eigenvalue weighted by molar-refractivity contribution is 0.228. The van der Waals surface area contributed by atoms with Crippen LogP contribution in [0.25, 0.3) is 0 Å². The van der Waals surface area contributed by atoms with E-state index < -0.39 is 0 Å². The van der Waals surface area contributed by atoms with Crippen LogP contribution < -0.4 is 5.73 Å². The highest BCUT2D eigenvalue weighted by atomic mass is 15.1. The topological polar surface area (TPSA) is 41.6 Å². The average molecular weight is 330 g/mol. The second-order valence-corrected chi connectivity index (χ2v) is 7.62. The summed E-state index contributed by atoms with van der Waals surface area (Å²) in [5, 5.41) is 0. The van der Waals surface area contributed by atoms with Crippen LogP contribution >= 0.6 is 0 Å². The third kappa shape index (κ3) is 6.27. The Morgan fingerprint density at radius 2 is 1.75 bits per heavy atom. The van der Waals surface area contributed by atoms with Crippen molar-refractivity contribution in [3.63, 3.8) is 0 Å². The predicted octanol–water partition coefficient (Wildman–Crippen LogP) is 4.22. The Balaban J connectivity index is 1.78. The van der Waals surface area contributed by atoms with Crippen molar-refractivity contribution in [2.24, 2.45) is 16.6 Å². The number of benzene rings is 1. The third-order valence-corrected chi connectivity index (χ3v) is 4.94. The second kappa shape index (κ2) is 9.83. The monoisotopic (exact) mass is 329 g/mol. The summed E-state index contributed by atoms with van der Waals surface area (Å²) in [4.78, 5) is 7.19. The molecule has 24 heavy (non-hydrogen) atoms. The van der Waals surface area contributed by atoms with E-state index in [9.17, 15) is 0 Å². The lowest BCUT2D eigenvalue weighted by Gasteiger charge is -2.26. The summed E-state index contributed by atoms with van der Waals surface area (Å²) in [7, 11) is 0. The largest absolute Gasteiger partial charge is 0.387 e. The summed E-state index contributed by atoms with van der Waals surface area (Å²) in [6.45, 7) is 11.2. The predicted molar refractivity (Wildman–Crippen MR) is 105 cm³/mol. The first-order valence-electron chi connectivity index (χ1n) is 9.67.